The Labute approximate surface area is 155 Å². The number of amides is 1. The Hall–Kier alpha value is -2.11. The molecule has 0 bridgehead atoms. The van der Waals surface area contributed by atoms with Crippen LogP contribution < -0.4 is 5.32 Å². The highest BCUT2D eigenvalue weighted by atomic mass is 16.7. The number of carbonyl (C=O) groups excluding carboxylic acids is 1. The highest BCUT2D eigenvalue weighted by Crippen LogP contribution is 2.33. The molecule has 0 spiro atoms. The lowest BCUT2D eigenvalue weighted by Gasteiger charge is -2.42. The van der Waals surface area contributed by atoms with Crippen LogP contribution in [0.25, 0.3) is 5.57 Å². The number of hydroxylamine groups is 2. The summed E-state index contributed by atoms with van der Waals surface area (Å²) in [6.07, 6.45) is 7.13. The fraction of sp³-hybridized carbons (Fsp3) is 0.476. The summed E-state index contributed by atoms with van der Waals surface area (Å²) in [4.78, 5) is 17.7. The van der Waals surface area contributed by atoms with Gasteiger partial charge in [-0.25, -0.2) is 4.79 Å². The van der Waals surface area contributed by atoms with Gasteiger partial charge in [0, 0.05) is 18.5 Å². The third kappa shape index (κ3) is 4.54. The molecule has 2 aliphatic rings. The number of nitrogens with one attached hydrogen (secondary N) is 1. The van der Waals surface area contributed by atoms with Gasteiger partial charge in [0.15, 0.2) is 0 Å². The zero-order chi connectivity index (χ0) is 18.7. The van der Waals surface area contributed by atoms with E-state index in [1.54, 1.807) is 7.11 Å². The van der Waals surface area contributed by atoms with E-state index in [0.29, 0.717) is 6.54 Å². The van der Waals surface area contributed by atoms with Crippen LogP contribution in [0, 0.1) is 5.92 Å². The molecule has 1 heterocycles. The Morgan fingerprint density at radius 1 is 1.23 bits per heavy atom. The van der Waals surface area contributed by atoms with Gasteiger partial charge in [-0.1, -0.05) is 48.6 Å². The van der Waals surface area contributed by atoms with Gasteiger partial charge in [0.2, 0.25) is 0 Å². The average molecular weight is 356 g/mol. The summed E-state index contributed by atoms with van der Waals surface area (Å²) in [7, 11) is 1.68. The Bertz CT molecular complexity index is 691. The third-order valence-corrected chi connectivity index (χ3v) is 4.66. The second-order valence-corrected chi connectivity index (χ2v) is 7.86. The molecule has 1 aliphatic heterocycles. The fourth-order valence-corrected chi connectivity index (χ4v) is 3.56. The smallest absolute Gasteiger partial charge is 0.407 e. The summed E-state index contributed by atoms with van der Waals surface area (Å²) < 4.78 is 5.38. The molecule has 1 aromatic rings. The van der Waals surface area contributed by atoms with E-state index < -0.39 is 5.60 Å². The van der Waals surface area contributed by atoms with E-state index in [4.69, 9.17) is 9.57 Å². The molecule has 1 amide bonds. The molecule has 5 heteroatoms. The zero-order valence-corrected chi connectivity index (χ0v) is 15.9. The van der Waals surface area contributed by atoms with Gasteiger partial charge in [-0.3, -0.25) is 0 Å². The molecule has 3 rings (SSSR count). The van der Waals surface area contributed by atoms with Gasteiger partial charge < -0.3 is 14.9 Å². The van der Waals surface area contributed by atoms with Crippen LogP contribution in [0.4, 0.5) is 4.79 Å². The van der Waals surface area contributed by atoms with Gasteiger partial charge in [0.1, 0.15) is 5.60 Å². The lowest BCUT2D eigenvalue weighted by atomic mass is 9.82. The second-order valence-electron chi connectivity index (χ2n) is 7.86. The number of nitrogens with zero attached hydrogens (tertiary/aromatic N) is 1. The SMILES string of the molecule is CON1C[C@H](NC(=O)OC(C)(C)C)CC2C=CC(c3ccccc3)=CC21. The van der Waals surface area contributed by atoms with Crippen LogP contribution in [0.15, 0.2) is 48.6 Å². The first kappa shape index (κ1) is 18.7. The Balaban J connectivity index is 1.70. The third-order valence-electron chi connectivity index (χ3n) is 4.66. The standard InChI is InChI=1S/C21H28N2O3/c1-21(2,3)26-20(24)22-18-12-17-11-10-16(15-8-6-5-7-9-15)13-19(17)23(14-18)25-4/h5-11,13,17-19H,12,14H2,1-4H3,(H,22,24)/t17?,18-,19?/m1/s1. The monoisotopic (exact) mass is 356 g/mol. The van der Waals surface area contributed by atoms with Gasteiger partial charge in [0.05, 0.1) is 13.2 Å². The molecular weight excluding hydrogens is 328 g/mol. The molecule has 0 radical (unpaired) electrons. The summed E-state index contributed by atoms with van der Waals surface area (Å²) in [6, 6.07) is 10.5. The normalized spacial score (nSPS) is 26.0. The number of hydrogen-bond acceptors (Lipinski definition) is 4. The van der Waals surface area contributed by atoms with Crippen molar-refractivity contribution in [2.75, 3.05) is 13.7 Å². The predicted octanol–water partition coefficient (Wildman–Crippen LogP) is 3.79. The molecule has 1 fully saturated rings. The van der Waals surface area contributed by atoms with Crippen molar-refractivity contribution in [1.29, 1.82) is 0 Å². The maximum absolute atomic E-state index is 12.1. The molecule has 26 heavy (non-hydrogen) atoms. The van der Waals surface area contributed by atoms with Crippen molar-refractivity contribution in [3.8, 4) is 0 Å². The summed E-state index contributed by atoms with van der Waals surface area (Å²) in [5.41, 5.74) is 1.90. The van der Waals surface area contributed by atoms with E-state index in [1.165, 1.54) is 11.1 Å². The molecule has 0 aromatic heterocycles. The topological polar surface area (TPSA) is 50.8 Å². The van der Waals surface area contributed by atoms with Crippen LogP contribution in [0.3, 0.4) is 0 Å². The van der Waals surface area contributed by atoms with E-state index in [-0.39, 0.29) is 24.1 Å². The maximum atomic E-state index is 12.1. The van der Waals surface area contributed by atoms with E-state index in [1.807, 2.05) is 44.0 Å². The molecule has 1 aliphatic carbocycles. The quantitative estimate of drug-likeness (QED) is 0.895. The Kier molecular flexibility index (Phi) is 5.49. The molecule has 1 saturated heterocycles. The highest BCUT2D eigenvalue weighted by molar-refractivity contribution is 5.75. The Morgan fingerprint density at radius 3 is 2.62 bits per heavy atom. The maximum Gasteiger partial charge on any atom is 0.407 e. The highest BCUT2D eigenvalue weighted by Gasteiger charge is 2.37. The largest absolute Gasteiger partial charge is 0.444 e. The molecule has 1 aromatic carbocycles. The summed E-state index contributed by atoms with van der Waals surface area (Å²) in [6.45, 7) is 6.23. The minimum atomic E-state index is -0.500. The van der Waals surface area contributed by atoms with Gasteiger partial charge in [-0.05, 0) is 38.3 Å². The number of benzene rings is 1. The first-order chi connectivity index (χ1) is 12.4. The van der Waals surface area contributed by atoms with E-state index >= 15 is 0 Å². The minimum Gasteiger partial charge on any atom is -0.444 e. The van der Waals surface area contributed by atoms with Crippen LogP contribution in [0.1, 0.15) is 32.8 Å². The number of allylic oxidation sites excluding steroid dienone is 2. The summed E-state index contributed by atoms with van der Waals surface area (Å²) in [5.74, 6) is 0.288. The lowest BCUT2D eigenvalue weighted by Crippen LogP contribution is -2.55. The Morgan fingerprint density at radius 2 is 1.96 bits per heavy atom. The number of alkyl carbamates (subject to hydrolysis) is 1. The molecule has 1 N–H and O–H groups in total. The van der Waals surface area contributed by atoms with Gasteiger partial charge in [-0.2, -0.15) is 5.06 Å². The van der Waals surface area contributed by atoms with Crippen molar-refractivity contribution < 1.29 is 14.4 Å². The average Bonchev–Trinajstić information content (AvgIpc) is 2.59. The number of carbonyl (C=O) groups is 1. The number of ether oxygens (including phenoxy) is 1. The summed E-state index contributed by atoms with van der Waals surface area (Å²) in [5, 5.41) is 4.93. The molecule has 140 valence electrons. The van der Waals surface area contributed by atoms with Crippen molar-refractivity contribution in [2.24, 2.45) is 5.92 Å². The van der Waals surface area contributed by atoms with Crippen LogP contribution >= 0.6 is 0 Å². The minimum absolute atomic E-state index is 0.0117. The van der Waals surface area contributed by atoms with Crippen LogP contribution in [-0.4, -0.2) is 42.5 Å². The van der Waals surface area contributed by atoms with E-state index in [9.17, 15) is 4.79 Å². The first-order valence-corrected chi connectivity index (χ1v) is 9.11. The molecule has 5 nitrogen and oxygen atoms in total. The van der Waals surface area contributed by atoms with Crippen LogP contribution in [0.5, 0.6) is 0 Å². The van der Waals surface area contributed by atoms with Crippen LogP contribution in [0.2, 0.25) is 0 Å². The summed E-state index contributed by atoms with van der Waals surface area (Å²) >= 11 is 0. The van der Waals surface area contributed by atoms with E-state index in [0.717, 1.165) is 6.42 Å². The van der Waals surface area contributed by atoms with E-state index in [2.05, 4.69) is 35.7 Å². The first-order valence-electron chi connectivity index (χ1n) is 9.11. The van der Waals surface area contributed by atoms with Crippen molar-refractivity contribution in [3.05, 3.63) is 54.1 Å². The number of hydrogen-bond donors (Lipinski definition) is 1. The van der Waals surface area contributed by atoms with Gasteiger partial charge in [0.25, 0.3) is 0 Å². The fourth-order valence-electron chi connectivity index (χ4n) is 3.56. The van der Waals surface area contributed by atoms with Crippen LogP contribution in [-0.2, 0) is 9.57 Å². The molecular formula is C21H28N2O3. The number of fused-ring (bicyclic) bond motifs is 1. The van der Waals surface area contributed by atoms with Gasteiger partial charge in [-0.15, -0.1) is 0 Å². The molecule has 3 atom stereocenters. The van der Waals surface area contributed by atoms with Gasteiger partial charge >= 0.3 is 6.09 Å². The number of piperidine rings is 1. The second kappa shape index (κ2) is 7.64. The molecule has 0 saturated carbocycles. The lowest BCUT2D eigenvalue weighted by molar-refractivity contribution is -0.176. The molecule has 2 unspecified atom stereocenters. The van der Waals surface area contributed by atoms with Crippen molar-refractivity contribution in [3.63, 3.8) is 0 Å². The van der Waals surface area contributed by atoms with Crippen molar-refractivity contribution in [1.82, 2.24) is 10.4 Å². The van der Waals surface area contributed by atoms with Crippen molar-refractivity contribution >= 4 is 11.7 Å². The number of rotatable bonds is 3. The predicted molar refractivity (Wildman–Crippen MR) is 102 cm³/mol. The van der Waals surface area contributed by atoms with Crippen molar-refractivity contribution in [2.45, 2.75) is 44.9 Å². The zero-order valence-electron chi connectivity index (χ0n) is 15.9.